The van der Waals surface area contributed by atoms with Gasteiger partial charge in [0.05, 0.1) is 4.90 Å². The highest BCUT2D eigenvalue weighted by atomic mass is 32.2. The average molecular weight is 275 g/mol. The third-order valence-electron chi connectivity index (χ3n) is 2.86. The van der Waals surface area contributed by atoms with Crippen LogP contribution >= 0.6 is 0 Å². The van der Waals surface area contributed by atoms with Gasteiger partial charge >= 0.3 is 0 Å². The molecule has 0 aliphatic rings. The summed E-state index contributed by atoms with van der Waals surface area (Å²) in [4.78, 5) is 0.294. The second kappa shape index (κ2) is 5.45. The number of hydrogen-bond acceptors (Lipinski definition) is 2. The summed E-state index contributed by atoms with van der Waals surface area (Å²) in [5.41, 5.74) is 1.58. The number of hydrogen-bond donors (Lipinski definition) is 1. The van der Waals surface area contributed by atoms with Crippen molar-refractivity contribution >= 4 is 15.7 Å². The van der Waals surface area contributed by atoms with Crippen LogP contribution in [0.25, 0.3) is 0 Å². The van der Waals surface area contributed by atoms with Crippen LogP contribution in [0.5, 0.6) is 0 Å². The molecule has 0 radical (unpaired) electrons. The van der Waals surface area contributed by atoms with Crippen LogP contribution in [0.3, 0.4) is 0 Å². The zero-order valence-electron chi connectivity index (χ0n) is 11.0. The first kappa shape index (κ1) is 13.6. The lowest BCUT2D eigenvalue weighted by atomic mass is 10.0. The zero-order chi connectivity index (χ0) is 13.9. The van der Waals surface area contributed by atoms with E-state index in [9.17, 15) is 8.42 Å². The van der Waals surface area contributed by atoms with Crippen LogP contribution in [0.1, 0.15) is 25.3 Å². The van der Waals surface area contributed by atoms with Gasteiger partial charge in [0.25, 0.3) is 10.0 Å². The van der Waals surface area contributed by atoms with Crippen molar-refractivity contribution in [3.8, 4) is 0 Å². The highest BCUT2D eigenvalue weighted by Gasteiger charge is 2.14. The summed E-state index contributed by atoms with van der Waals surface area (Å²) in [6, 6.07) is 15.9. The van der Waals surface area contributed by atoms with E-state index in [2.05, 4.69) is 4.72 Å². The lowest BCUT2D eigenvalue weighted by Crippen LogP contribution is -2.13. The minimum atomic E-state index is -3.52. The molecule has 0 aliphatic heterocycles. The van der Waals surface area contributed by atoms with Crippen LogP contribution in [0, 0.1) is 0 Å². The fraction of sp³-hybridized carbons (Fsp3) is 0.200. The average Bonchev–Trinajstić information content (AvgIpc) is 2.39. The van der Waals surface area contributed by atoms with Crippen molar-refractivity contribution in [2.45, 2.75) is 24.7 Å². The van der Waals surface area contributed by atoms with Crippen molar-refractivity contribution < 1.29 is 8.42 Å². The first-order valence-corrected chi connectivity index (χ1v) is 7.65. The Balaban J connectivity index is 2.32. The summed E-state index contributed by atoms with van der Waals surface area (Å²) < 4.78 is 27.1. The minimum Gasteiger partial charge on any atom is -0.280 e. The zero-order valence-corrected chi connectivity index (χ0v) is 11.8. The van der Waals surface area contributed by atoms with Gasteiger partial charge in [-0.3, -0.25) is 4.72 Å². The van der Waals surface area contributed by atoms with E-state index in [1.807, 2.05) is 26.0 Å². The Morgan fingerprint density at radius 3 is 2.26 bits per heavy atom. The molecule has 3 nitrogen and oxygen atoms in total. The molecule has 0 aliphatic carbocycles. The molecular weight excluding hydrogens is 258 g/mol. The maximum atomic E-state index is 12.3. The predicted octanol–water partition coefficient (Wildman–Crippen LogP) is 3.61. The Bertz CT molecular complexity index is 649. The molecule has 2 aromatic rings. The number of rotatable bonds is 4. The van der Waals surface area contributed by atoms with Gasteiger partial charge in [-0.05, 0) is 35.7 Å². The Labute approximate surface area is 114 Å². The smallest absolute Gasteiger partial charge is 0.261 e. The highest BCUT2D eigenvalue weighted by Crippen LogP contribution is 2.20. The second-order valence-electron chi connectivity index (χ2n) is 4.70. The quantitative estimate of drug-likeness (QED) is 0.926. The molecule has 0 amide bonds. The van der Waals surface area contributed by atoms with Gasteiger partial charge in [0.2, 0.25) is 0 Å². The van der Waals surface area contributed by atoms with E-state index in [-0.39, 0.29) is 0 Å². The summed E-state index contributed by atoms with van der Waals surface area (Å²) in [6.07, 6.45) is 0. The van der Waals surface area contributed by atoms with Crippen LogP contribution in [0.4, 0.5) is 5.69 Å². The number of anilines is 1. The summed E-state index contributed by atoms with van der Waals surface area (Å²) in [7, 11) is -3.52. The van der Waals surface area contributed by atoms with E-state index in [0.29, 0.717) is 16.5 Å². The molecule has 2 rings (SSSR count). The van der Waals surface area contributed by atoms with Gasteiger partial charge in [-0.15, -0.1) is 0 Å². The Kier molecular flexibility index (Phi) is 3.90. The SMILES string of the molecule is CC(C)c1cccc(S(=O)(=O)Nc2ccccc2)c1. The number of para-hydroxylation sites is 1. The van der Waals surface area contributed by atoms with E-state index >= 15 is 0 Å². The highest BCUT2D eigenvalue weighted by molar-refractivity contribution is 7.92. The number of benzene rings is 2. The van der Waals surface area contributed by atoms with Gasteiger partial charge in [0.1, 0.15) is 0 Å². The first-order valence-electron chi connectivity index (χ1n) is 6.17. The van der Waals surface area contributed by atoms with Crippen LogP contribution in [-0.4, -0.2) is 8.42 Å². The van der Waals surface area contributed by atoms with Gasteiger partial charge in [-0.1, -0.05) is 44.2 Å². The molecule has 0 bridgehead atoms. The summed E-state index contributed by atoms with van der Waals surface area (Å²) in [6.45, 7) is 4.08. The van der Waals surface area contributed by atoms with Crippen molar-refractivity contribution in [3.05, 3.63) is 60.2 Å². The summed E-state index contributed by atoms with van der Waals surface area (Å²) in [5, 5.41) is 0. The normalized spacial score (nSPS) is 11.5. The monoisotopic (exact) mass is 275 g/mol. The van der Waals surface area contributed by atoms with Crippen LogP contribution < -0.4 is 4.72 Å². The molecule has 0 aromatic heterocycles. The maximum absolute atomic E-state index is 12.3. The molecule has 0 saturated heterocycles. The van der Waals surface area contributed by atoms with E-state index in [4.69, 9.17) is 0 Å². The third-order valence-corrected chi connectivity index (χ3v) is 4.24. The van der Waals surface area contributed by atoms with Gasteiger partial charge in [0.15, 0.2) is 0 Å². The molecule has 100 valence electrons. The molecule has 0 saturated carbocycles. The molecule has 0 heterocycles. The standard InChI is InChI=1S/C15H17NO2S/c1-12(2)13-7-6-10-15(11-13)19(17,18)16-14-8-4-3-5-9-14/h3-12,16H,1-2H3. The summed E-state index contributed by atoms with van der Waals surface area (Å²) in [5.74, 6) is 0.298. The fourth-order valence-corrected chi connectivity index (χ4v) is 2.87. The number of sulfonamides is 1. The topological polar surface area (TPSA) is 46.2 Å². The molecule has 0 atom stereocenters. The lowest BCUT2D eigenvalue weighted by Gasteiger charge is -2.10. The molecule has 0 fully saturated rings. The van der Waals surface area contributed by atoms with E-state index < -0.39 is 10.0 Å². The van der Waals surface area contributed by atoms with Crippen LogP contribution in [0.2, 0.25) is 0 Å². The second-order valence-corrected chi connectivity index (χ2v) is 6.38. The molecule has 0 unspecified atom stereocenters. The molecule has 2 aromatic carbocycles. The Hall–Kier alpha value is -1.81. The molecule has 1 N–H and O–H groups in total. The molecular formula is C15H17NO2S. The lowest BCUT2D eigenvalue weighted by molar-refractivity contribution is 0.601. The van der Waals surface area contributed by atoms with Gasteiger partial charge in [-0.25, -0.2) is 8.42 Å². The van der Waals surface area contributed by atoms with Crippen molar-refractivity contribution in [2.24, 2.45) is 0 Å². The van der Waals surface area contributed by atoms with E-state index in [1.54, 1.807) is 42.5 Å². The van der Waals surface area contributed by atoms with E-state index in [1.165, 1.54) is 0 Å². The minimum absolute atomic E-state index is 0.294. The van der Waals surface area contributed by atoms with Crippen molar-refractivity contribution in [3.63, 3.8) is 0 Å². The predicted molar refractivity (Wildman–Crippen MR) is 77.8 cm³/mol. The van der Waals surface area contributed by atoms with Crippen molar-refractivity contribution in [2.75, 3.05) is 4.72 Å². The molecule has 19 heavy (non-hydrogen) atoms. The third kappa shape index (κ3) is 3.35. The van der Waals surface area contributed by atoms with E-state index in [0.717, 1.165) is 5.56 Å². The number of nitrogens with one attached hydrogen (secondary N) is 1. The van der Waals surface area contributed by atoms with Crippen LogP contribution in [0.15, 0.2) is 59.5 Å². The van der Waals surface area contributed by atoms with Crippen LogP contribution in [-0.2, 0) is 10.0 Å². The largest absolute Gasteiger partial charge is 0.280 e. The van der Waals surface area contributed by atoms with Gasteiger partial charge < -0.3 is 0 Å². The Morgan fingerprint density at radius 2 is 1.63 bits per heavy atom. The fourth-order valence-electron chi connectivity index (χ4n) is 1.76. The molecule has 4 heteroatoms. The van der Waals surface area contributed by atoms with Crippen molar-refractivity contribution in [1.82, 2.24) is 0 Å². The Morgan fingerprint density at radius 1 is 0.947 bits per heavy atom. The van der Waals surface area contributed by atoms with Gasteiger partial charge in [-0.2, -0.15) is 0 Å². The maximum Gasteiger partial charge on any atom is 0.261 e. The van der Waals surface area contributed by atoms with Gasteiger partial charge in [0, 0.05) is 5.69 Å². The van der Waals surface area contributed by atoms with Crippen molar-refractivity contribution in [1.29, 1.82) is 0 Å². The summed E-state index contributed by atoms with van der Waals surface area (Å²) >= 11 is 0. The molecule has 0 spiro atoms. The first-order chi connectivity index (χ1) is 8.99.